The third kappa shape index (κ3) is 6.30. The van der Waals surface area contributed by atoms with Crippen molar-refractivity contribution in [1.29, 1.82) is 0 Å². The minimum Gasteiger partial charge on any atom is -0.508 e. The van der Waals surface area contributed by atoms with Gasteiger partial charge in [0.1, 0.15) is 35.9 Å². The Labute approximate surface area is 248 Å². The largest absolute Gasteiger partial charge is 1.00 e. The van der Waals surface area contributed by atoms with Crippen molar-refractivity contribution in [3.8, 4) is 5.75 Å². The van der Waals surface area contributed by atoms with Gasteiger partial charge in [0.05, 0.1) is 4.92 Å². The first-order valence-corrected chi connectivity index (χ1v) is 12.3. The van der Waals surface area contributed by atoms with Gasteiger partial charge in [0, 0.05) is 16.9 Å². The molecule has 2 heterocycles. The summed E-state index contributed by atoms with van der Waals surface area (Å²) in [4.78, 5) is 61.8. The fourth-order valence-electron chi connectivity index (χ4n) is 4.37. The number of β-lactam (4-membered cyclic amide) rings is 1. The molecule has 2 aliphatic heterocycles. The standard InChI is InChI=1S/C24H24N4O9S.Na/c1-24(2)18(22(32)33)27-20(31)17(21(27)38-24)25-19(30)16(13-5-9-15(29)10-6-13)26-23(34)37-11-12-3-7-14(8-4-12)28(35)36;/h3-10,16-18,21,29H,11H2,1-2H3,(H,25,30)(H,26,34)(H,32,33);/q;+1. The summed E-state index contributed by atoms with van der Waals surface area (Å²) in [5.41, 5.74) is 0.647. The molecule has 39 heavy (non-hydrogen) atoms. The Morgan fingerprint density at radius 1 is 1.15 bits per heavy atom. The number of nitro benzene ring substituents is 1. The Morgan fingerprint density at radius 3 is 2.33 bits per heavy atom. The molecule has 0 radical (unpaired) electrons. The molecule has 4 N–H and O–H groups in total. The van der Waals surface area contributed by atoms with Gasteiger partial charge in [-0.15, -0.1) is 11.8 Å². The maximum absolute atomic E-state index is 13.2. The zero-order valence-corrected chi connectivity index (χ0v) is 24.0. The molecule has 13 nitrogen and oxygen atoms in total. The second-order valence-corrected chi connectivity index (χ2v) is 11.0. The van der Waals surface area contributed by atoms with Crippen LogP contribution in [0.4, 0.5) is 10.5 Å². The van der Waals surface area contributed by atoms with Gasteiger partial charge in [-0.2, -0.15) is 0 Å². The van der Waals surface area contributed by atoms with Crippen LogP contribution in [0, 0.1) is 10.1 Å². The number of thioether (sulfide) groups is 1. The Balaban J connectivity index is 0.00000420. The number of benzene rings is 2. The number of ether oxygens (including phenoxy) is 1. The third-order valence-electron chi connectivity index (χ3n) is 6.24. The summed E-state index contributed by atoms with van der Waals surface area (Å²) in [7, 11) is 0. The van der Waals surface area contributed by atoms with E-state index in [0.717, 1.165) is 0 Å². The van der Waals surface area contributed by atoms with Gasteiger partial charge in [0.15, 0.2) is 0 Å². The summed E-state index contributed by atoms with van der Waals surface area (Å²) in [6, 6.07) is 7.51. The zero-order chi connectivity index (χ0) is 27.8. The van der Waals surface area contributed by atoms with E-state index in [0.29, 0.717) is 11.1 Å². The molecule has 4 unspecified atom stereocenters. The number of aromatic hydroxyl groups is 1. The van der Waals surface area contributed by atoms with Gasteiger partial charge in [0.25, 0.3) is 5.69 Å². The Morgan fingerprint density at radius 2 is 1.77 bits per heavy atom. The number of fused-ring (bicyclic) bond motifs is 1. The van der Waals surface area contributed by atoms with Crippen LogP contribution in [0.3, 0.4) is 0 Å². The van der Waals surface area contributed by atoms with Gasteiger partial charge >= 0.3 is 41.6 Å². The zero-order valence-electron chi connectivity index (χ0n) is 21.2. The van der Waals surface area contributed by atoms with Crippen molar-refractivity contribution in [3.05, 3.63) is 69.8 Å². The van der Waals surface area contributed by atoms with Gasteiger partial charge in [-0.05, 0) is 49.2 Å². The minimum atomic E-state index is -1.31. The summed E-state index contributed by atoms with van der Waals surface area (Å²) in [6.45, 7) is 3.19. The molecule has 4 rings (SSSR count). The molecule has 4 atom stereocenters. The van der Waals surface area contributed by atoms with Crippen LogP contribution in [0.2, 0.25) is 0 Å². The van der Waals surface area contributed by atoms with E-state index in [1.54, 1.807) is 13.8 Å². The number of amides is 3. The molecule has 2 aromatic rings. The average Bonchev–Trinajstić information content (AvgIpc) is 3.13. The van der Waals surface area contributed by atoms with Crippen LogP contribution in [0.15, 0.2) is 48.5 Å². The number of carbonyl (C=O) groups excluding carboxylic acids is 3. The van der Waals surface area contributed by atoms with Crippen molar-refractivity contribution in [3.63, 3.8) is 0 Å². The van der Waals surface area contributed by atoms with Crippen molar-refractivity contribution in [2.45, 2.75) is 48.7 Å². The third-order valence-corrected chi connectivity index (χ3v) is 7.81. The van der Waals surface area contributed by atoms with Gasteiger partial charge < -0.3 is 30.5 Å². The number of nitrogens with zero attached hydrogens (tertiary/aromatic N) is 2. The number of hydrogen-bond donors (Lipinski definition) is 4. The average molecular weight is 568 g/mol. The number of alkyl carbamates (subject to hydrolysis) is 1. The molecule has 0 bridgehead atoms. The molecule has 2 fully saturated rings. The summed E-state index contributed by atoms with van der Waals surface area (Å²) >= 11 is 1.26. The predicted octanol–water partition coefficient (Wildman–Crippen LogP) is -1.10. The number of aliphatic carboxylic acids is 1. The van der Waals surface area contributed by atoms with E-state index in [2.05, 4.69) is 10.6 Å². The molecule has 2 saturated heterocycles. The fraction of sp³-hybridized carbons (Fsp3) is 0.333. The summed E-state index contributed by atoms with van der Waals surface area (Å²) in [5, 5.41) is 34.4. The molecule has 0 saturated carbocycles. The minimum absolute atomic E-state index is 0. The molecular formula is C24H24N4NaO9S+. The van der Waals surface area contributed by atoms with E-state index in [-0.39, 0.29) is 47.6 Å². The van der Waals surface area contributed by atoms with Gasteiger partial charge in [-0.25, -0.2) is 9.59 Å². The monoisotopic (exact) mass is 567 g/mol. The SMILES string of the molecule is CC1(C)SC2C(NC(=O)C(NC(=O)OCc3ccc([N+](=O)[O-])cc3)c3ccc(O)cc3)C(=O)N2C1C(=O)O.[Na+]. The first-order valence-electron chi connectivity index (χ1n) is 11.4. The normalized spacial score (nSPS) is 21.4. The molecule has 2 aromatic carbocycles. The Bertz CT molecular complexity index is 1290. The number of hydrogen-bond acceptors (Lipinski definition) is 9. The smallest absolute Gasteiger partial charge is 0.508 e. The maximum Gasteiger partial charge on any atom is 1.00 e. The van der Waals surface area contributed by atoms with Crippen molar-refractivity contribution in [2.24, 2.45) is 0 Å². The van der Waals surface area contributed by atoms with Gasteiger partial charge in [-0.3, -0.25) is 19.7 Å². The molecule has 0 spiro atoms. The van der Waals surface area contributed by atoms with Crippen molar-refractivity contribution >= 4 is 41.3 Å². The van der Waals surface area contributed by atoms with Crippen LogP contribution in [-0.2, 0) is 25.7 Å². The molecule has 2 aliphatic rings. The summed E-state index contributed by atoms with van der Waals surface area (Å²) in [6.07, 6.45) is -0.972. The maximum atomic E-state index is 13.2. The van der Waals surface area contributed by atoms with E-state index in [1.807, 2.05) is 0 Å². The Kier molecular flexibility index (Phi) is 9.16. The van der Waals surface area contributed by atoms with E-state index in [9.17, 15) is 39.5 Å². The van der Waals surface area contributed by atoms with Crippen LogP contribution >= 0.6 is 11.8 Å². The topological polar surface area (TPSA) is 188 Å². The number of nitro groups is 1. The second kappa shape index (κ2) is 11.8. The van der Waals surface area contributed by atoms with Crippen LogP contribution in [0.1, 0.15) is 31.0 Å². The van der Waals surface area contributed by atoms with E-state index in [1.165, 1.54) is 65.2 Å². The molecule has 0 aromatic heterocycles. The quantitative estimate of drug-likeness (QED) is 0.132. The van der Waals surface area contributed by atoms with Crippen LogP contribution in [0.25, 0.3) is 0 Å². The molecule has 200 valence electrons. The number of carbonyl (C=O) groups is 4. The number of carboxylic acids is 1. The molecule has 15 heteroatoms. The van der Waals surface area contributed by atoms with Crippen molar-refractivity contribution in [1.82, 2.24) is 15.5 Å². The van der Waals surface area contributed by atoms with Crippen LogP contribution < -0.4 is 40.2 Å². The summed E-state index contributed by atoms with van der Waals surface area (Å²) in [5.74, 6) is -2.48. The van der Waals surface area contributed by atoms with Crippen LogP contribution in [-0.4, -0.2) is 66.1 Å². The fourth-order valence-corrected chi connectivity index (χ4v) is 6.00. The number of rotatable bonds is 8. The predicted molar refractivity (Wildman–Crippen MR) is 133 cm³/mol. The first kappa shape index (κ1) is 30.2. The number of phenols is 1. The van der Waals surface area contributed by atoms with Gasteiger partial charge in [0.2, 0.25) is 11.8 Å². The number of nitrogens with one attached hydrogen (secondary N) is 2. The van der Waals surface area contributed by atoms with Crippen LogP contribution in [0.5, 0.6) is 5.75 Å². The molecule has 3 amide bonds. The Hall–Kier alpha value is -3.33. The molecular weight excluding hydrogens is 543 g/mol. The van der Waals surface area contributed by atoms with Crippen molar-refractivity contribution < 1.29 is 68.6 Å². The second-order valence-electron chi connectivity index (χ2n) is 9.25. The van der Waals surface area contributed by atoms with E-state index >= 15 is 0 Å². The van der Waals surface area contributed by atoms with E-state index in [4.69, 9.17) is 4.74 Å². The van der Waals surface area contributed by atoms with Crippen molar-refractivity contribution in [2.75, 3.05) is 0 Å². The van der Waals surface area contributed by atoms with E-state index < -0.39 is 57.0 Å². The summed E-state index contributed by atoms with van der Waals surface area (Å²) < 4.78 is 4.39. The van der Waals surface area contributed by atoms with Gasteiger partial charge in [-0.1, -0.05) is 12.1 Å². The number of phenolic OH excluding ortho intramolecular Hbond substituents is 1. The number of non-ortho nitro benzene ring substituents is 1. The first-order chi connectivity index (χ1) is 17.9. The molecule has 0 aliphatic carbocycles. The number of carboxylic acid groups (broad SMARTS) is 1.